The molecule has 1 heterocycles. The first-order valence-electron chi connectivity index (χ1n) is 9.34. The second-order valence-electron chi connectivity index (χ2n) is 6.32. The number of pyridine rings is 1. The van der Waals surface area contributed by atoms with Crippen LogP contribution in [0.2, 0.25) is 0 Å². The SMILES string of the molecule is CCCCCCCCCCCCCc1cc[n+](CC)cc1. The summed E-state index contributed by atoms with van der Waals surface area (Å²) in [4.78, 5) is 0. The zero-order valence-corrected chi connectivity index (χ0v) is 14.4. The maximum absolute atomic E-state index is 2.29. The van der Waals surface area contributed by atoms with Crippen molar-refractivity contribution in [3.05, 3.63) is 30.1 Å². The monoisotopic (exact) mass is 290 g/mol. The molecule has 0 aliphatic carbocycles. The Morgan fingerprint density at radius 2 is 1.14 bits per heavy atom. The first-order valence-corrected chi connectivity index (χ1v) is 9.34. The summed E-state index contributed by atoms with van der Waals surface area (Å²) in [7, 11) is 0. The van der Waals surface area contributed by atoms with Crippen LogP contribution in [-0.4, -0.2) is 0 Å². The van der Waals surface area contributed by atoms with E-state index in [4.69, 9.17) is 0 Å². The standard InChI is InChI=1S/C20H36N/c1-3-5-6-7-8-9-10-11-12-13-14-15-20-16-18-21(4-2)19-17-20/h16-19H,3-15H2,1-2H3/q+1. The Bertz CT molecular complexity index is 328. The number of unbranched alkanes of at least 4 members (excludes halogenated alkanes) is 10. The van der Waals surface area contributed by atoms with Crippen molar-refractivity contribution in [3.63, 3.8) is 0 Å². The largest absolute Gasteiger partial charge is 0.205 e. The molecule has 1 aromatic rings. The van der Waals surface area contributed by atoms with Gasteiger partial charge in [0.1, 0.15) is 6.54 Å². The van der Waals surface area contributed by atoms with Crippen molar-refractivity contribution < 1.29 is 4.57 Å². The van der Waals surface area contributed by atoms with Gasteiger partial charge in [0, 0.05) is 12.1 Å². The second kappa shape index (κ2) is 12.9. The van der Waals surface area contributed by atoms with Crippen LogP contribution in [0.3, 0.4) is 0 Å². The smallest absolute Gasteiger partial charge is 0.169 e. The van der Waals surface area contributed by atoms with Gasteiger partial charge in [0.25, 0.3) is 0 Å². The number of aryl methyl sites for hydroxylation is 2. The summed E-state index contributed by atoms with van der Waals surface area (Å²) >= 11 is 0. The number of rotatable bonds is 13. The molecule has 0 amide bonds. The van der Waals surface area contributed by atoms with Crippen molar-refractivity contribution >= 4 is 0 Å². The Morgan fingerprint density at radius 3 is 1.62 bits per heavy atom. The van der Waals surface area contributed by atoms with Gasteiger partial charge in [-0.05, 0) is 25.3 Å². The minimum atomic E-state index is 1.07. The molecule has 0 saturated heterocycles. The molecule has 0 aliphatic rings. The van der Waals surface area contributed by atoms with Gasteiger partial charge in [0.05, 0.1) is 0 Å². The van der Waals surface area contributed by atoms with Crippen molar-refractivity contribution in [3.8, 4) is 0 Å². The quantitative estimate of drug-likeness (QED) is 0.317. The average molecular weight is 291 g/mol. The Hall–Kier alpha value is -0.850. The molecular formula is C20H36N+. The third-order valence-electron chi connectivity index (χ3n) is 4.39. The molecule has 0 saturated carbocycles. The average Bonchev–Trinajstić information content (AvgIpc) is 2.53. The van der Waals surface area contributed by atoms with Crippen LogP contribution in [0, 0.1) is 0 Å². The van der Waals surface area contributed by atoms with Crippen LogP contribution in [0.4, 0.5) is 0 Å². The van der Waals surface area contributed by atoms with Gasteiger partial charge in [0.2, 0.25) is 0 Å². The van der Waals surface area contributed by atoms with E-state index < -0.39 is 0 Å². The Morgan fingerprint density at radius 1 is 0.667 bits per heavy atom. The van der Waals surface area contributed by atoms with E-state index in [1.54, 1.807) is 0 Å². The number of hydrogen-bond donors (Lipinski definition) is 0. The first kappa shape index (κ1) is 18.2. The number of aromatic nitrogens is 1. The molecule has 0 bridgehead atoms. The van der Waals surface area contributed by atoms with Crippen molar-refractivity contribution in [2.24, 2.45) is 0 Å². The third kappa shape index (κ3) is 9.66. The topological polar surface area (TPSA) is 3.88 Å². The van der Waals surface area contributed by atoms with Crippen LogP contribution in [0.5, 0.6) is 0 Å². The van der Waals surface area contributed by atoms with Crippen molar-refractivity contribution in [1.82, 2.24) is 0 Å². The molecule has 1 rings (SSSR count). The normalized spacial score (nSPS) is 11.0. The van der Waals surface area contributed by atoms with Crippen molar-refractivity contribution in [2.75, 3.05) is 0 Å². The van der Waals surface area contributed by atoms with Gasteiger partial charge in [-0.2, -0.15) is 0 Å². The molecule has 0 atom stereocenters. The molecule has 1 nitrogen and oxygen atoms in total. The molecule has 120 valence electrons. The summed E-state index contributed by atoms with van der Waals surface area (Å²) in [6.45, 7) is 5.54. The lowest BCUT2D eigenvalue weighted by atomic mass is 10.0. The van der Waals surface area contributed by atoms with Crippen molar-refractivity contribution in [2.45, 2.75) is 97.4 Å². The fourth-order valence-electron chi connectivity index (χ4n) is 2.86. The van der Waals surface area contributed by atoms with Gasteiger partial charge < -0.3 is 0 Å². The Kier molecular flexibility index (Phi) is 11.1. The fourth-order valence-corrected chi connectivity index (χ4v) is 2.86. The lowest BCUT2D eigenvalue weighted by Crippen LogP contribution is -2.30. The van der Waals surface area contributed by atoms with E-state index in [0.717, 1.165) is 6.54 Å². The van der Waals surface area contributed by atoms with Gasteiger partial charge in [-0.25, -0.2) is 4.57 Å². The molecule has 0 aromatic carbocycles. The first-order chi connectivity index (χ1) is 10.4. The van der Waals surface area contributed by atoms with Crippen molar-refractivity contribution in [1.29, 1.82) is 0 Å². The highest BCUT2D eigenvalue weighted by molar-refractivity contribution is 5.07. The van der Waals surface area contributed by atoms with Gasteiger partial charge in [-0.1, -0.05) is 71.1 Å². The molecule has 21 heavy (non-hydrogen) atoms. The van der Waals surface area contributed by atoms with Crippen LogP contribution >= 0.6 is 0 Å². The van der Waals surface area contributed by atoms with E-state index in [-0.39, 0.29) is 0 Å². The minimum absolute atomic E-state index is 1.07. The lowest BCUT2D eigenvalue weighted by molar-refractivity contribution is -0.693. The predicted octanol–water partition coefficient (Wildman–Crippen LogP) is 5.85. The van der Waals surface area contributed by atoms with Gasteiger partial charge in [-0.3, -0.25) is 0 Å². The summed E-state index contributed by atoms with van der Waals surface area (Å²) in [6.07, 6.45) is 21.3. The van der Waals surface area contributed by atoms with Crippen LogP contribution in [0.1, 0.15) is 90.0 Å². The number of nitrogens with zero attached hydrogens (tertiary/aromatic N) is 1. The number of hydrogen-bond acceptors (Lipinski definition) is 0. The Balaban J connectivity index is 1.88. The van der Waals surface area contributed by atoms with E-state index >= 15 is 0 Å². The maximum Gasteiger partial charge on any atom is 0.169 e. The minimum Gasteiger partial charge on any atom is -0.205 e. The molecule has 1 aromatic heterocycles. The highest BCUT2D eigenvalue weighted by Gasteiger charge is 1.98. The molecule has 1 heteroatoms. The molecular weight excluding hydrogens is 254 g/mol. The van der Waals surface area contributed by atoms with Gasteiger partial charge >= 0.3 is 0 Å². The van der Waals surface area contributed by atoms with E-state index in [1.807, 2.05) is 0 Å². The highest BCUT2D eigenvalue weighted by Crippen LogP contribution is 2.12. The summed E-state index contributed by atoms with van der Waals surface area (Å²) in [5, 5.41) is 0. The van der Waals surface area contributed by atoms with Crippen LogP contribution in [-0.2, 0) is 13.0 Å². The zero-order valence-electron chi connectivity index (χ0n) is 14.4. The molecule has 0 unspecified atom stereocenters. The molecule has 0 fully saturated rings. The van der Waals surface area contributed by atoms with Gasteiger partial charge in [0.15, 0.2) is 12.4 Å². The molecule has 0 N–H and O–H groups in total. The summed E-state index contributed by atoms with van der Waals surface area (Å²) in [5.41, 5.74) is 1.50. The zero-order chi connectivity index (χ0) is 15.2. The van der Waals surface area contributed by atoms with E-state index in [1.165, 1.54) is 82.6 Å². The highest BCUT2D eigenvalue weighted by atomic mass is 14.9. The predicted molar refractivity (Wildman–Crippen MR) is 92.5 cm³/mol. The van der Waals surface area contributed by atoms with Crippen LogP contribution < -0.4 is 4.57 Å². The van der Waals surface area contributed by atoms with Crippen LogP contribution in [0.15, 0.2) is 24.5 Å². The summed E-state index contributed by atoms with van der Waals surface area (Å²) in [5.74, 6) is 0. The fraction of sp³-hybridized carbons (Fsp3) is 0.750. The maximum atomic E-state index is 2.29. The molecule has 0 spiro atoms. The molecule has 0 radical (unpaired) electrons. The Labute approximate surface area is 132 Å². The second-order valence-corrected chi connectivity index (χ2v) is 6.32. The lowest BCUT2D eigenvalue weighted by Gasteiger charge is -2.03. The van der Waals surface area contributed by atoms with E-state index in [9.17, 15) is 0 Å². The van der Waals surface area contributed by atoms with E-state index in [2.05, 4.69) is 42.9 Å². The summed E-state index contributed by atoms with van der Waals surface area (Å²) in [6, 6.07) is 4.56. The van der Waals surface area contributed by atoms with E-state index in [0.29, 0.717) is 0 Å². The molecule has 0 aliphatic heterocycles. The third-order valence-corrected chi connectivity index (χ3v) is 4.39. The van der Waals surface area contributed by atoms with Crippen LogP contribution in [0.25, 0.3) is 0 Å². The summed E-state index contributed by atoms with van der Waals surface area (Å²) < 4.78 is 2.23. The van der Waals surface area contributed by atoms with Gasteiger partial charge in [-0.15, -0.1) is 0 Å².